The van der Waals surface area contributed by atoms with Crippen LogP contribution in [0.5, 0.6) is 0 Å². The summed E-state index contributed by atoms with van der Waals surface area (Å²) in [6.07, 6.45) is 1.79. The van der Waals surface area contributed by atoms with E-state index in [4.69, 9.17) is 25.7 Å². The van der Waals surface area contributed by atoms with E-state index in [-0.39, 0.29) is 40.2 Å². The standard InChI is InChI=1S/C23H50N2O3.C6H14/c1-17(22(8,9)25)15-28-23(10,11)20(4,5)12-13-26-19(3)16-27-21(6,7)14-18(2)24;1-5(2)6(3)4/h17-19H,12-16,24-25H2,1-11H3;5-6H,1-4H3. The van der Waals surface area contributed by atoms with Gasteiger partial charge in [0.05, 0.1) is 30.5 Å². The molecule has 0 spiro atoms. The summed E-state index contributed by atoms with van der Waals surface area (Å²) in [4.78, 5) is 0. The van der Waals surface area contributed by atoms with E-state index in [2.05, 4.69) is 83.1 Å². The Labute approximate surface area is 214 Å². The molecular formula is C29H64N2O3. The van der Waals surface area contributed by atoms with Gasteiger partial charge in [-0.1, -0.05) is 48.5 Å². The minimum Gasteiger partial charge on any atom is -0.376 e. The van der Waals surface area contributed by atoms with Gasteiger partial charge in [0.2, 0.25) is 0 Å². The summed E-state index contributed by atoms with van der Waals surface area (Å²) in [6.45, 7) is 34.1. The van der Waals surface area contributed by atoms with Crippen LogP contribution in [0.25, 0.3) is 0 Å². The van der Waals surface area contributed by atoms with Crippen molar-refractivity contribution in [3.8, 4) is 0 Å². The highest BCUT2D eigenvalue weighted by molar-refractivity contribution is 4.89. The normalized spacial score (nSPS) is 16.3. The van der Waals surface area contributed by atoms with Crippen LogP contribution >= 0.6 is 0 Å². The Balaban J connectivity index is 0. The van der Waals surface area contributed by atoms with Crippen LogP contribution in [0, 0.1) is 23.2 Å². The molecule has 34 heavy (non-hydrogen) atoms. The van der Waals surface area contributed by atoms with Gasteiger partial charge in [-0.3, -0.25) is 0 Å². The lowest BCUT2D eigenvalue weighted by atomic mass is 9.74. The van der Waals surface area contributed by atoms with Crippen LogP contribution in [0.15, 0.2) is 0 Å². The summed E-state index contributed by atoms with van der Waals surface area (Å²) in [5.41, 5.74) is 11.3. The number of ether oxygens (including phenoxy) is 3. The van der Waals surface area contributed by atoms with Gasteiger partial charge in [0.15, 0.2) is 0 Å². The molecule has 0 saturated heterocycles. The maximum Gasteiger partial charge on any atom is 0.0780 e. The molecule has 3 unspecified atom stereocenters. The van der Waals surface area contributed by atoms with Crippen molar-refractivity contribution >= 4 is 0 Å². The highest BCUT2D eigenvalue weighted by Crippen LogP contribution is 2.37. The molecule has 5 heteroatoms. The van der Waals surface area contributed by atoms with Crippen LogP contribution in [-0.2, 0) is 14.2 Å². The quantitative estimate of drug-likeness (QED) is 0.265. The summed E-state index contributed by atoms with van der Waals surface area (Å²) < 4.78 is 18.3. The molecule has 0 aliphatic carbocycles. The number of nitrogens with two attached hydrogens (primary N) is 2. The van der Waals surface area contributed by atoms with E-state index in [0.29, 0.717) is 19.8 Å². The molecule has 0 aliphatic heterocycles. The third-order valence-corrected chi connectivity index (χ3v) is 7.58. The van der Waals surface area contributed by atoms with Crippen LogP contribution < -0.4 is 11.5 Å². The second kappa shape index (κ2) is 15.1. The Morgan fingerprint density at radius 2 is 1.18 bits per heavy atom. The SMILES string of the molecule is CC(C)C(C)C.CC(N)CC(C)(C)OCC(C)OCCC(C)(C)C(C)(C)OCC(C)C(C)(C)N. The predicted octanol–water partition coefficient (Wildman–Crippen LogP) is 6.81. The van der Waals surface area contributed by atoms with Crippen LogP contribution in [0.3, 0.4) is 0 Å². The van der Waals surface area contributed by atoms with Gasteiger partial charge in [-0.2, -0.15) is 0 Å². The van der Waals surface area contributed by atoms with Gasteiger partial charge in [0.1, 0.15) is 0 Å². The van der Waals surface area contributed by atoms with Crippen molar-refractivity contribution in [2.75, 3.05) is 19.8 Å². The first-order chi connectivity index (χ1) is 15.0. The molecule has 3 atom stereocenters. The Hall–Kier alpha value is -0.200. The van der Waals surface area contributed by atoms with Gasteiger partial charge in [-0.15, -0.1) is 0 Å². The fourth-order valence-corrected chi connectivity index (χ4v) is 2.79. The molecule has 0 amide bonds. The zero-order valence-electron chi connectivity index (χ0n) is 25.8. The monoisotopic (exact) mass is 488 g/mol. The zero-order valence-corrected chi connectivity index (χ0v) is 25.8. The topological polar surface area (TPSA) is 79.7 Å². The largest absolute Gasteiger partial charge is 0.376 e. The Morgan fingerprint density at radius 1 is 0.706 bits per heavy atom. The molecule has 0 radical (unpaired) electrons. The molecule has 0 bridgehead atoms. The van der Waals surface area contributed by atoms with E-state index in [1.165, 1.54) is 0 Å². The fourth-order valence-electron chi connectivity index (χ4n) is 2.79. The van der Waals surface area contributed by atoms with Crippen molar-refractivity contribution in [3.63, 3.8) is 0 Å². The lowest BCUT2D eigenvalue weighted by molar-refractivity contribution is -0.127. The second-order valence-corrected chi connectivity index (χ2v) is 13.6. The second-order valence-electron chi connectivity index (χ2n) is 13.6. The molecule has 0 aromatic carbocycles. The highest BCUT2D eigenvalue weighted by atomic mass is 16.5. The molecule has 0 aliphatic rings. The smallest absolute Gasteiger partial charge is 0.0780 e. The first-order valence-corrected chi connectivity index (χ1v) is 13.5. The van der Waals surface area contributed by atoms with Crippen molar-refractivity contribution in [2.45, 2.75) is 146 Å². The van der Waals surface area contributed by atoms with Crippen LogP contribution in [0.2, 0.25) is 0 Å². The van der Waals surface area contributed by atoms with Crippen LogP contribution in [-0.4, -0.2) is 48.7 Å². The molecule has 0 heterocycles. The minimum absolute atomic E-state index is 0.0275. The average molecular weight is 489 g/mol. The first-order valence-electron chi connectivity index (χ1n) is 13.5. The van der Waals surface area contributed by atoms with Gasteiger partial charge in [-0.25, -0.2) is 0 Å². The number of hydrogen-bond donors (Lipinski definition) is 2. The van der Waals surface area contributed by atoms with Gasteiger partial charge < -0.3 is 25.7 Å². The molecule has 0 saturated carbocycles. The fraction of sp³-hybridized carbons (Fsp3) is 1.00. The maximum atomic E-state index is 6.30. The minimum atomic E-state index is -0.269. The lowest BCUT2D eigenvalue weighted by Crippen LogP contribution is -2.47. The summed E-state index contributed by atoms with van der Waals surface area (Å²) in [7, 11) is 0. The Bertz CT molecular complexity index is 514. The van der Waals surface area contributed by atoms with E-state index in [9.17, 15) is 0 Å². The van der Waals surface area contributed by atoms with Gasteiger partial charge in [0, 0.05) is 18.2 Å². The van der Waals surface area contributed by atoms with Crippen LogP contribution in [0.4, 0.5) is 0 Å². The molecular weight excluding hydrogens is 424 g/mol. The van der Waals surface area contributed by atoms with E-state index in [1.807, 2.05) is 20.8 Å². The summed E-state index contributed by atoms with van der Waals surface area (Å²) >= 11 is 0. The number of rotatable bonds is 15. The predicted molar refractivity (Wildman–Crippen MR) is 149 cm³/mol. The molecule has 0 fully saturated rings. The van der Waals surface area contributed by atoms with Crippen molar-refractivity contribution in [1.29, 1.82) is 0 Å². The molecule has 0 rings (SSSR count). The summed E-state index contributed by atoms with van der Waals surface area (Å²) in [5.74, 6) is 1.99. The summed E-state index contributed by atoms with van der Waals surface area (Å²) in [5, 5.41) is 0. The van der Waals surface area contributed by atoms with E-state index in [0.717, 1.165) is 24.7 Å². The van der Waals surface area contributed by atoms with Crippen molar-refractivity contribution < 1.29 is 14.2 Å². The van der Waals surface area contributed by atoms with E-state index >= 15 is 0 Å². The zero-order chi connectivity index (χ0) is 27.5. The third kappa shape index (κ3) is 16.5. The summed E-state index contributed by atoms with van der Waals surface area (Å²) in [6, 6.07) is 0.127. The first kappa shape index (κ1) is 36.0. The molecule has 0 aromatic rings. The highest BCUT2D eigenvalue weighted by Gasteiger charge is 2.38. The van der Waals surface area contributed by atoms with Gasteiger partial charge >= 0.3 is 0 Å². The van der Waals surface area contributed by atoms with Crippen molar-refractivity contribution in [1.82, 2.24) is 0 Å². The third-order valence-electron chi connectivity index (χ3n) is 7.58. The van der Waals surface area contributed by atoms with Crippen molar-refractivity contribution in [3.05, 3.63) is 0 Å². The lowest BCUT2D eigenvalue weighted by Gasteiger charge is -2.43. The van der Waals surface area contributed by atoms with Gasteiger partial charge in [0.25, 0.3) is 0 Å². The molecule has 0 aromatic heterocycles. The Kier molecular flexibility index (Phi) is 16.0. The van der Waals surface area contributed by atoms with Gasteiger partial charge in [-0.05, 0) is 91.4 Å². The molecule has 208 valence electrons. The van der Waals surface area contributed by atoms with Crippen LogP contribution in [0.1, 0.15) is 117 Å². The number of hydrogen-bond acceptors (Lipinski definition) is 5. The van der Waals surface area contributed by atoms with E-state index < -0.39 is 0 Å². The average Bonchev–Trinajstić information content (AvgIpc) is 2.63. The van der Waals surface area contributed by atoms with Crippen molar-refractivity contribution in [2.24, 2.45) is 34.6 Å². The maximum absolute atomic E-state index is 6.30. The Morgan fingerprint density at radius 3 is 1.56 bits per heavy atom. The molecule has 5 nitrogen and oxygen atoms in total. The molecule has 4 N–H and O–H groups in total. The van der Waals surface area contributed by atoms with E-state index in [1.54, 1.807) is 0 Å².